The zero-order valence-electron chi connectivity index (χ0n) is 14.1. The van der Waals surface area contributed by atoms with Gasteiger partial charge in [0, 0.05) is 4.88 Å². The zero-order valence-corrected chi connectivity index (χ0v) is 14.9. The largest absolute Gasteiger partial charge is 0.493 e. The van der Waals surface area contributed by atoms with Crippen LogP contribution < -0.4 is 9.47 Å². The van der Waals surface area contributed by atoms with Gasteiger partial charge < -0.3 is 9.47 Å². The topological polar surface area (TPSA) is 55.1 Å². The summed E-state index contributed by atoms with van der Waals surface area (Å²) in [6, 6.07) is 7.91. The number of hydrogen-bond acceptors (Lipinski definition) is 5. The number of hydrogen-bond donors (Lipinski definition) is 0. The first-order chi connectivity index (χ1) is 11.6. The average Bonchev–Trinajstić information content (AvgIpc) is 3.02. The Bertz CT molecular complexity index is 817. The van der Waals surface area contributed by atoms with E-state index in [1.807, 2.05) is 24.3 Å². The van der Waals surface area contributed by atoms with E-state index in [9.17, 15) is 5.26 Å². The highest BCUT2D eigenvalue weighted by atomic mass is 32.1. The molecule has 1 aliphatic rings. The maximum absolute atomic E-state index is 9.57. The van der Waals surface area contributed by atoms with Crippen LogP contribution in [0.25, 0.3) is 11.6 Å². The predicted molar refractivity (Wildman–Crippen MR) is 96.3 cm³/mol. The van der Waals surface area contributed by atoms with Crippen molar-refractivity contribution < 1.29 is 9.47 Å². The number of benzene rings is 1. The number of allylic oxidation sites excluding steroid dienone is 1. The van der Waals surface area contributed by atoms with Crippen molar-refractivity contribution >= 4 is 23.0 Å². The van der Waals surface area contributed by atoms with Crippen molar-refractivity contribution in [2.75, 3.05) is 14.2 Å². The third-order valence-corrected chi connectivity index (χ3v) is 5.41. The Hall–Kier alpha value is -2.32. The number of nitriles is 1. The first-order valence-electron chi connectivity index (χ1n) is 7.97. The van der Waals surface area contributed by atoms with Crippen LogP contribution in [0.2, 0.25) is 0 Å². The molecule has 0 aliphatic heterocycles. The van der Waals surface area contributed by atoms with Gasteiger partial charge in [0.05, 0.1) is 25.5 Å². The number of nitrogens with zero attached hydrogens (tertiary/aromatic N) is 2. The van der Waals surface area contributed by atoms with Gasteiger partial charge in [-0.15, -0.1) is 11.3 Å². The maximum Gasteiger partial charge on any atom is 0.161 e. The van der Waals surface area contributed by atoms with Crippen LogP contribution in [0.3, 0.4) is 0 Å². The van der Waals surface area contributed by atoms with Crippen LogP contribution in [-0.4, -0.2) is 19.2 Å². The molecule has 0 spiro atoms. The van der Waals surface area contributed by atoms with Gasteiger partial charge in [-0.25, -0.2) is 4.98 Å². The first-order valence-corrected chi connectivity index (χ1v) is 8.79. The lowest BCUT2D eigenvalue weighted by Gasteiger charge is -2.15. The van der Waals surface area contributed by atoms with Crippen molar-refractivity contribution in [2.24, 2.45) is 5.92 Å². The predicted octanol–water partition coefficient (Wildman–Crippen LogP) is 4.35. The first kappa shape index (κ1) is 16.5. The fourth-order valence-electron chi connectivity index (χ4n) is 2.91. The van der Waals surface area contributed by atoms with Crippen LogP contribution in [-0.2, 0) is 12.8 Å². The molecule has 1 aromatic carbocycles. The van der Waals surface area contributed by atoms with Gasteiger partial charge in [0.25, 0.3) is 0 Å². The van der Waals surface area contributed by atoms with E-state index in [0.29, 0.717) is 23.0 Å². The van der Waals surface area contributed by atoms with Gasteiger partial charge in [0.15, 0.2) is 11.5 Å². The van der Waals surface area contributed by atoms with Crippen LogP contribution in [0.4, 0.5) is 0 Å². The molecular formula is C19H20N2O2S. The van der Waals surface area contributed by atoms with Crippen molar-refractivity contribution in [3.8, 4) is 17.6 Å². The van der Waals surface area contributed by atoms with Crippen molar-refractivity contribution in [3.05, 3.63) is 39.3 Å². The normalized spacial score (nSPS) is 17.1. The molecule has 0 amide bonds. The van der Waals surface area contributed by atoms with E-state index in [4.69, 9.17) is 14.5 Å². The van der Waals surface area contributed by atoms with E-state index in [1.54, 1.807) is 25.6 Å². The molecule has 124 valence electrons. The Balaban J connectivity index is 1.95. The number of aromatic nitrogens is 1. The minimum atomic E-state index is 0.592. The molecule has 24 heavy (non-hydrogen) atoms. The Morgan fingerprint density at radius 3 is 2.83 bits per heavy atom. The second kappa shape index (κ2) is 7.06. The number of aryl methyl sites for hydroxylation is 1. The van der Waals surface area contributed by atoms with Crippen LogP contribution >= 0.6 is 11.3 Å². The van der Waals surface area contributed by atoms with Gasteiger partial charge in [-0.3, -0.25) is 0 Å². The summed E-state index contributed by atoms with van der Waals surface area (Å²) in [7, 11) is 3.21. The highest BCUT2D eigenvalue weighted by Gasteiger charge is 2.21. The molecule has 0 unspecified atom stereocenters. The Kier molecular flexibility index (Phi) is 4.86. The Morgan fingerprint density at radius 2 is 2.12 bits per heavy atom. The number of fused-ring (bicyclic) bond motifs is 1. The minimum Gasteiger partial charge on any atom is -0.493 e. The molecule has 0 bridgehead atoms. The second-order valence-electron chi connectivity index (χ2n) is 6.02. The molecule has 0 N–H and O–H groups in total. The molecule has 1 atom stereocenters. The van der Waals surface area contributed by atoms with Crippen molar-refractivity contribution in [3.63, 3.8) is 0 Å². The lowest BCUT2D eigenvalue weighted by atomic mass is 9.93. The summed E-state index contributed by atoms with van der Waals surface area (Å²) in [5.41, 5.74) is 2.65. The summed E-state index contributed by atoms with van der Waals surface area (Å²) < 4.78 is 10.6. The lowest BCUT2D eigenvalue weighted by Crippen LogP contribution is -2.09. The number of thiazole rings is 1. The molecule has 2 aromatic rings. The van der Waals surface area contributed by atoms with E-state index in [1.165, 1.54) is 17.0 Å². The molecular weight excluding hydrogens is 320 g/mol. The summed E-state index contributed by atoms with van der Waals surface area (Å²) in [5.74, 6) is 2.02. The standard InChI is InChI=1S/C19H20N2O2S/c1-12-4-6-15-18(8-12)24-19(21-15)14(11-20)9-13-5-7-16(22-2)17(10-13)23-3/h5,7,9-10,12H,4,6,8H2,1-3H3/b14-9+/t12-/m0/s1. The highest BCUT2D eigenvalue weighted by molar-refractivity contribution is 7.13. The highest BCUT2D eigenvalue weighted by Crippen LogP contribution is 2.34. The van der Waals surface area contributed by atoms with Gasteiger partial charge in [-0.05, 0) is 49.0 Å². The molecule has 0 radical (unpaired) electrons. The van der Waals surface area contributed by atoms with Crippen LogP contribution in [0, 0.1) is 17.2 Å². The lowest BCUT2D eigenvalue weighted by molar-refractivity contribution is 0.355. The summed E-state index contributed by atoms with van der Waals surface area (Å²) >= 11 is 1.65. The van der Waals surface area contributed by atoms with Crippen molar-refractivity contribution in [1.29, 1.82) is 5.26 Å². The molecule has 0 fully saturated rings. The van der Waals surface area contributed by atoms with Gasteiger partial charge in [0.2, 0.25) is 0 Å². The second-order valence-corrected chi connectivity index (χ2v) is 7.10. The quantitative estimate of drug-likeness (QED) is 0.777. The van der Waals surface area contributed by atoms with Crippen LogP contribution in [0.1, 0.15) is 34.5 Å². The van der Waals surface area contributed by atoms with E-state index >= 15 is 0 Å². The van der Waals surface area contributed by atoms with Crippen molar-refractivity contribution in [1.82, 2.24) is 4.98 Å². The smallest absolute Gasteiger partial charge is 0.161 e. The monoisotopic (exact) mass is 340 g/mol. The van der Waals surface area contributed by atoms with E-state index < -0.39 is 0 Å². The molecule has 3 rings (SSSR count). The van der Waals surface area contributed by atoms with Gasteiger partial charge >= 0.3 is 0 Å². The third kappa shape index (κ3) is 3.29. The molecule has 0 saturated heterocycles. The van der Waals surface area contributed by atoms with E-state index in [-0.39, 0.29) is 0 Å². The SMILES string of the molecule is COc1ccc(/C=C(\C#N)c2nc3c(s2)C[C@@H](C)CC3)cc1OC. The Morgan fingerprint density at radius 1 is 1.33 bits per heavy atom. The van der Waals surface area contributed by atoms with Gasteiger partial charge in [-0.2, -0.15) is 5.26 Å². The van der Waals surface area contributed by atoms with Crippen LogP contribution in [0.15, 0.2) is 18.2 Å². The summed E-state index contributed by atoms with van der Waals surface area (Å²) in [6.45, 7) is 2.27. The van der Waals surface area contributed by atoms with E-state index in [2.05, 4.69) is 13.0 Å². The Labute approximate surface area is 146 Å². The fourth-order valence-corrected chi connectivity index (χ4v) is 4.14. The van der Waals surface area contributed by atoms with E-state index in [0.717, 1.165) is 23.4 Å². The molecule has 4 nitrogen and oxygen atoms in total. The minimum absolute atomic E-state index is 0.592. The molecule has 0 saturated carbocycles. The third-order valence-electron chi connectivity index (χ3n) is 4.26. The van der Waals surface area contributed by atoms with Crippen LogP contribution in [0.5, 0.6) is 11.5 Å². The average molecular weight is 340 g/mol. The molecule has 5 heteroatoms. The van der Waals surface area contributed by atoms with Gasteiger partial charge in [-0.1, -0.05) is 13.0 Å². The summed E-state index contributed by atoms with van der Waals surface area (Å²) in [5, 5.41) is 10.4. The molecule has 1 aromatic heterocycles. The zero-order chi connectivity index (χ0) is 17.1. The summed E-state index contributed by atoms with van der Waals surface area (Å²) in [4.78, 5) is 6.03. The number of ether oxygens (including phenoxy) is 2. The van der Waals surface area contributed by atoms with Crippen molar-refractivity contribution in [2.45, 2.75) is 26.2 Å². The maximum atomic E-state index is 9.57. The summed E-state index contributed by atoms with van der Waals surface area (Å²) in [6.07, 6.45) is 5.12. The number of methoxy groups -OCH3 is 2. The fraction of sp³-hybridized carbons (Fsp3) is 0.368. The number of rotatable bonds is 4. The van der Waals surface area contributed by atoms with Gasteiger partial charge in [0.1, 0.15) is 11.1 Å². The molecule has 1 heterocycles. The molecule has 1 aliphatic carbocycles.